The molecule has 1 aliphatic rings. The molecule has 2 atom stereocenters. The molecule has 6 heteroatoms. The highest BCUT2D eigenvalue weighted by molar-refractivity contribution is 5.72. The van der Waals surface area contributed by atoms with Gasteiger partial charge in [0.2, 0.25) is 0 Å². The molecular formula is C12H17N3O3. The number of ether oxygens (including phenoxy) is 1. The Morgan fingerprint density at radius 1 is 1.56 bits per heavy atom. The van der Waals surface area contributed by atoms with E-state index in [0.717, 1.165) is 11.5 Å². The Kier molecular flexibility index (Phi) is 3.76. The third kappa shape index (κ3) is 2.43. The molecule has 0 aromatic carbocycles. The first-order valence-corrected chi connectivity index (χ1v) is 5.99. The summed E-state index contributed by atoms with van der Waals surface area (Å²) in [6, 6.07) is 1.70. The van der Waals surface area contributed by atoms with Crippen molar-refractivity contribution < 1.29 is 14.6 Å². The van der Waals surface area contributed by atoms with Crippen molar-refractivity contribution >= 4 is 11.8 Å². The van der Waals surface area contributed by atoms with Gasteiger partial charge < -0.3 is 14.7 Å². The lowest BCUT2D eigenvalue weighted by Crippen LogP contribution is -2.43. The monoisotopic (exact) mass is 251 g/mol. The Balaban J connectivity index is 2.25. The van der Waals surface area contributed by atoms with Crippen LogP contribution in [0, 0.1) is 12.8 Å². The molecule has 2 heterocycles. The van der Waals surface area contributed by atoms with Crippen LogP contribution in [-0.2, 0) is 9.53 Å². The number of rotatable bonds is 4. The van der Waals surface area contributed by atoms with Crippen LogP contribution < -0.4 is 4.90 Å². The summed E-state index contributed by atoms with van der Waals surface area (Å²) in [5.74, 6) is -0.561. The molecule has 0 spiro atoms. The fourth-order valence-electron chi connectivity index (χ4n) is 2.25. The summed E-state index contributed by atoms with van der Waals surface area (Å²) in [6.07, 6.45) is 1.50. The predicted octanol–water partition coefficient (Wildman–Crippen LogP) is 0.711. The molecule has 1 fully saturated rings. The first-order valence-electron chi connectivity index (χ1n) is 5.99. The molecule has 0 aliphatic carbocycles. The molecule has 1 aliphatic heterocycles. The lowest BCUT2D eigenvalue weighted by Gasteiger charge is -2.30. The standard InChI is InChI=1S/C12H17N3O3/c1-3-15(11-4-8(2)13-7-14-11)10-6-18-5-9(10)12(16)17/h4,7,9-10H,3,5-6H2,1-2H3,(H,16,17). The van der Waals surface area contributed by atoms with Gasteiger partial charge in [0, 0.05) is 18.3 Å². The molecule has 0 radical (unpaired) electrons. The number of aryl methyl sites for hydroxylation is 1. The van der Waals surface area contributed by atoms with E-state index in [1.165, 1.54) is 6.33 Å². The number of aromatic nitrogens is 2. The highest BCUT2D eigenvalue weighted by Crippen LogP contribution is 2.24. The molecule has 2 rings (SSSR count). The maximum atomic E-state index is 11.2. The Labute approximate surface area is 106 Å². The zero-order chi connectivity index (χ0) is 13.1. The molecule has 98 valence electrons. The molecule has 1 saturated heterocycles. The van der Waals surface area contributed by atoms with Crippen molar-refractivity contribution in [1.29, 1.82) is 0 Å². The molecule has 1 aromatic rings. The Bertz CT molecular complexity index is 438. The fraction of sp³-hybridized carbons (Fsp3) is 0.583. The highest BCUT2D eigenvalue weighted by atomic mass is 16.5. The number of anilines is 1. The van der Waals surface area contributed by atoms with Crippen molar-refractivity contribution in [2.45, 2.75) is 19.9 Å². The molecule has 0 saturated carbocycles. The SMILES string of the molecule is CCN(c1cc(C)ncn1)C1COCC1C(=O)O. The number of carbonyl (C=O) groups is 1. The number of carboxylic acid groups (broad SMARTS) is 1. The normalized spacial score (nSPS) is 23.0. The Hall–Kier alpha value is -1.69. The van der Waals surface area contributed by atoms with E-state index in [-0.39, 0.29) is 12.6 Å². The van der Waals surface area contributed by atoms with Crippen LogP contribution in [0.1, 0.15) is 12.6 Å². The highest BCUT2D eigenvalue weighted by Gasteiger charge is 2.38. The minimum absolute atomic E-state index is 0.165. The van der Waals surface area contributed by atoms with Crippen molar-refractivity contribution in [3.8, 4) is 0 Å². The first-order chi connectivity index (χ1) is 8.63. The number of carboxylic acids is 1. The van der Waals surface area contributed by atoms with E-state index in [4.69, 9.17) is 4.74 Å². The van der Waals surface area contributed by atoms with Crippen LogP contribution in [0.25, 0.3) is 0 Å². The minimum atomic E-state index is -0.818. The quantitative estimate of drug-likeness (QED) is 0.849. The topological polar surface area (TPSA) is 75.5 Å². The van der Waals surface area contributed by atoms with Gasteiger partial charge in [0.05, 0.1) is 19.3 Å². The van der Waals surface area contributed by atoms with E-state index >= 15 is 0 Å². The maximum absolute atomic E-state index is 11.2. The summed E-state index contributed by atoms with van der Waals surface area (Å²) in [5.41, 5.74) is 0.865. The van der Waals surface area contributed by atoms with Crippen LogP contribution in [-0.4, -0.2) is 46.8 Å². The number of hydrogen-bond donors (Lipinski definition) is 1. The molecule has 0 bridgehead atoms. The molecule has 0 amide bonds. The Morgan fingerprint density at radius 2 is 2.33 bits per heavy atom. The molecule has 1 aromatic heterocycles. The van der Waals surface area contributed by atoms with Crippen LogP contribution in [0.5, 0.6) is 0 Å². The summed E-state index contributed by atoms with van der Waals surface area (Å²) in [4.78, 5) is 21.4. The summed E-state index contributed by atoms with van der Waals surface area (Å²) in [7, 11) is 0. The zero-order valence-corrected chi connectivity index (χ0v) is 10.5. The van der Waals surface area contributed by atoms with Crippen molar-refractivity contribution in [2.24, 2.45) is 5.92 Å². The summed E-state index contributed by atoms with van der Waals surface area (Å²) >= 11 is 0. The van der Waals surface area contributed by atoms with Gasteiger partial charge in [-0.25, -0.2) is 9.97 Å². The van der Waals surface area contributed by atoms with Crippen LogP contribution in [0.3, 0.4) is 0 Å². The third-order valence-corrected chi connectivity index (χ3v) is 3.19. The predicted molar refractivity (Wildman–Crippen MR) is 65.5 cm³/mol. The van der Waals surface area contributed by atoms with E-state index < -0.39 is 11.9 Å². The van der Waals surface area contributed by atoms with Gasteiger partial charge in [-0.2, -0.15) is 0 Å². The van der Waals surface area contributed by atoms with E-state index in [2.05, 4.69) is 9.97 Å². The van der Waals surface area contributed by atoms with E-state index in [1.807, 2.05) is 24.8 Å². The molecular weight excluding hydrogens is 234 g/mol. The molecule has 18 heavy (non-hydrogen) atoms. The van der Waals surface area contributed by atoms with Gasteiger partial charge in [0.15, 0.2) is 0 Å². The largest absolute Gasteiger partial charge is 0.481 e. The van der Waals surface area contributed by atoms with E-state index in [1.54, 1.807) is 0 Å². The van der Waals surface area contributed by atoms with Crippen molar-refractivity contribution in [1.82, 2.24) is 9.97 Å². The number of likely N-dealkylation sites (N-methyl/N-ethyl adjacent to an activating group) is 1. The zero-order valence-electron chi connectivity index (χ0n) is 10.5. The van der Waals surface area contributed by atoms with Crippen LogP contribution in [0.4, 0.5) is 5.82 Å². The van der Waals surface area contributed by atoms with Crippen molar-refractivity contribution in [3.63, 3.8) is 0 Å². The minimum Gasteiger partial charge on any atom is -0.481 e. The number of nitrogens with zero attached hydrogens (tertiary/aromatic N) is 3. The number of aliphatic carboxylic acids is 1. The second kappa shape index (κ2) is 5.30. The van der Waals surface area contributed by atoms with Crippen molar-refractivity contribution in [2.75, 3.05) is 24.7 Å². The van der Waals surface area contributed by atoms with Crippen LogP contribution >= 0.6 is 0 Å². The second-order valence-corrected chi connectivity index (χ2v) is 4.35. The lowest BCUT2D eigenvalue weighted by atomic mass is 10.0. The van der Waals surface area contributed by atoms with Crippen LogP contribution in [0.15, 0.2) is 12.4 Å². The maximum Gasteiger partial charge on any atom is 0.311 e. The first kappa shape index (κ1) is 12.8. The Morgan fingerprint density at radius 3 is 2.94 bits per heavy atom. The lowest BCUT2D eigenvalue weighted by molar-refractivity contribution is -0.141. The van der Waals surface area contributed by atoms with Gasteiger partial charge in [-0.15, -0.1) is 0 Å². The second-order valence-electron chi connectivity index (χ2n) is 4.35. The molecule has 2 unspecified atom stereocenters. The van der Waals surface area contributed by atoms with Crippen molar-refractivity contribution in [3.05, 3.63) is 18.1 Å². The fourth-order valence-corrected chi connectivity index (χ4v) is 2.25. The summed E-state index contributed by atoms with van der Waals surface area (Å²) in [5, 5.41) is 9.19. The average molecular weight is 251 g/mol. The van der Waals surface area contributed by atoms with Gasteiger partial charge in [0.25, 0.3) is 0 Å². The summed E-state index contributed by atoms with van der Waals surface area (Å²) in [6.45, 7) is 5.25. The number of hydrogen-bond acceptors (Lipinski definition) is 5. The van der Waals surface area contributed by atoms with E-state index in [0.29, 0.717) is 13.2 Å². The molecule has 1 N–H and O–H groups in total. The average Bonchev–Trinajstić information content (AvgIpc) is 2.79. The smallest absolute Gasteiger partial charge is 0.311 e. The van der Waals surface area contributed by atoms with Gasteiger partial charge in [0.1, 0.15) is 18.1 Å². The summed E-state index contributed by atoms with van der Waals surface area (Å²) < 4.78 is 5.30. The third-order valence-electron chi connectivity index (χ3n) is 3.19. The van der Waals surface area contributed by atoms with Gasteiger partial charge >= 0.3 is 5.97 Å². The molecule has 6 nitrogen and oxygen atoms in total. The van der Waals surface area contributed by atoms with E-state index in [9.17, 15) is 9.90 Å². The van der Waals surface area contributed by atoms with Gasteiger partial charge in [-0.1, -0.05) is 0 Å². The van der Waals surface area contributed by atoms with Gasteiger partial charge in [-0.3, -0.25) is 4.79 Å². The van der Waals surface area contributed by atoms with Gasteiger partial charge in [-0.05, 0) is 13.8 Å². The van der Waals surface area contributed by atoms with Crippen LogP contribution in [0.2, 0.25) is 0 Å².